The normalized spacial score (nSPS) is 10.7. The van der Waals surface area contributed by atoms with Crippen molar-refractivity contribution in [1.29, 1.82) is 0 Å². The number of rotatable bonds is 3. The van der Waals surface area contributed by atoms with E-state index in [1.807, 2.05) is 0 Å². The summed E-state index contributed by atoms with van der Waals surface area (Å²) in [5.41, 5.74) is 0. The lowest BCUT2D eigenvalue weighted by atomic mass is 10.4. The fourth-order valence-corrected chi connectivity index (χ4v) is 5.83. The molecule has 0 aliphatic carbocycles. The van der Waals surface area contributed by atoms with Crippen LogP contribution in [0, 0.1) is 0 Å². The minimum atomic E-state index is -1.53. The first-order chi connectivity index (χ1) is 9.82. The smallest absolute Gasteiger partial charge is 0.0626 e. The number of hydrogen-bond donors (Lipinski definition) is 0. The van der Waals surface area contributed by atoms with Crippen LogP contribution in [-0.2, 0) is 0 Å². The molecule has 0 heterocycles. The highest BCUT2D eigenvalue weighted by molar-refractivity contribution is 7.95. The van der Waals surface area contributed by atoms with Gasteiger partial charge in [-0.1, -0.05) is 63.0 Å². The van der Waals surface area contributed by atoms with Crippen molar-refractivity contribution in [3.05, 3.63) is 91.0 Å². The Morgan fingerprint density at radius 1 is 0.476 bits per heavy atom. The third-order valence-corrected chi connectivity index (χ3v) is 7.81. The van der Waals surface area contributed by atoms with Gasteiger partial charge in [-0.05, 0) is 36.4 Å². The second kappa shape index (κ2) is 6.74. The third kappa shape index (κ3) is 2.94. The van der Waals surface area contributed by atoms with Crippen LogP contribution in [0.5, 0.6) is 0 Å². The quantitative estimate of drug-likeness (QED) is 0.512. The van der Waals surface area contributed by atoms with E-state index in [0.717, 1.165) is 0 Å². The van der Waals surface area contributed by atoms with Gasteiger partial charge in [-0.2, -0.15) is 0 Å². The molecule has 3 rings (SSSR count). The molecule has 0 radical (unpaired) electrons. The summed E-state index contributed by atoms with van der Waals surface area (Å²) in [5, 5.41) is 4.28. The van der Waals surface area contributed by atoms with E-state index in [-0.39, 0.29) is 8.41 Å². The monoisotopic (exact) mass is 292 g/mol. The molecule has 0 nitrogen and oxygen atoms in total. The molecule has 0 aromatic heterocycles. The summed E-state index contributed by atoms with van der Waals surface area (Å²) < 4.78 is 0. The molecule has 0 fully saturated rings. The Morgan fingerprint density at radius 3 is 0.952 bits per heavy atom. The number of hydrogen-bond acceptors (Lipinski definition) is 0. The largest absolute Gasteiger partial charge is 0.109 e. The second-order valence-corrected chi connectivity index (χ2v) is 8.57. The van der Waals surface area contributed by atoms with Crippen LogP contribution in [0.4, 0.5) is 0 Å². The minimum Gasteiger partial charge on any atom is -0.0626 e. The van der Waals surface area contributed by atoms with E-state index in [9.17, 15) is 0 Å². The van der Waals surface area contributed by atoms with Crippen molar-refractivity contribution >= 4 is 31.6 Å². The molecular weight excluding hydrogens is 270 g/mol. The van der Waals surface area contributed by atoms with Crippen LogP contribution in [0.2, 0.25) is 0 Å². The zero-order valence-corrected chi connectivity index (χ0v) is 12.5. The summed E-state index contributed by atoms with van der Waals surface area (Å²) in [6.45, 7) is 2.41. The molecule has 0 spiro atoms. The van der Waals surface area contributed by atoms with Crippen molar-refractivity contribution in [3.8, 4) is 0 Å². The molecule has 2 heteroatoms. The Labute approximate surface area is 129 Å². The minimum absolute atomic E-state index is 0. The molecule has 0 bridgehead atoms. The van der Waals surface area contributed by atoms with Crippen molar-refractivity contribution in [2.75, 3.05) is 6.66 Å². The van der Waals surface area contributed by atoms with E-state index in [2.05, 4.69) is 97.7 Å². The summed E-state index contributed by atoms with van der Waals surface area (Å²) in [5.74, 6) is 0. The molecule has 0 aliphatic heterocycles. The highest BCUT2D eigenvalue weighted by Gasteiger charge is 2.39. The van der Waals surface area contributed by atoms with Crippen molar-refractivity contribution in [2.45, 2.75) is 0 Å². The Balaban J connectivity index is 0.00000161. The maximum absolute atomic E-state index is 2.41. The van der Waals surface area contributed by atoms with E-state index < -0.39 is 7.26 Å². The van der Waals surface area contributed by atoms with Crippen molar-refractivity contribution < 1.29 is 0 Å². The lowest BCUT2D eigenvalue weighted by Crippen LogP contribution is -2.30. The van der Waals surface area contributed by atoms with Crippen molar-refractivity contribution in [1.82, 2.24) is 0 Å². The average molecular weight is 292 g/mol. The fourth-order valence-electron chi connectivity index (χ4n) is 2.63. The van der Waals surface area contributed by atoms with Gasteiger partial charge in [0, 0.05) is 0 Å². The third-order valence-electron chi connectivity index (χ3n) is 3.82. The molecule has 0 unspecified atom stereocenters. The average Bonchev–Trinajstić information content (AvgIpc) is 2.56. The van der Waals surface area contributed by atoms with Crippen molar-refractivity contribution in [3.63, 3.8) is 0 Å². The highest BCUT2D eigenvalue weighted by atomic mass is 31.2. The first-order valence-corrected chi connectivity index (χ1v) is 9.09. The van der Waals surface area contributed by atoms with E-state index in [0.29, 0.717) is 0 Å². The molecule has 3 aromatic rings. The van der Waals surface area contributed by atoms with Crippen LogP contribution in [0.1, 0.15) is 0 Å². The van der Waals surface area contributed by atoms with E-state index in [4.69, 9.17) is 0 Å². The first kappa shape index (κ1) is 15.5. The lowest BCUT2D eigenvalue weighted by molar-refractivity contribution is 1.72. The molecule has 0 saturated carbocycles. The summed E-state index contributed by atoms with van der Waals surface area (Å²) in [6, 6.07) is 32.6. The van der Waals surface area contributed by atoms with Crippen LogP contribution in [0.3, 0.4) is 0 Å². The maximum Gasteiger partial charge on any atom is 0.109 e. The van der Waals surface area contributed by atoms with Crippen LogP contribution < -0.4 is 15.9 Å². The van der Waals surface area contributed by atoms with Gasteiger partial charge >= 0.3 is 0 Å². The Morgan fingerprint density at radius 2 is 0.714 bits per heavy atom. The van der Waals surface area contributed by atoms with Crippen LogP contribution in [-0.4, -0.2) is 15.1 Å². The predicted octanol–water partition coefficient (Wildman–Crippen LogP) is 2.16. The van der Waals surface area contributed by atoms with Gasteiger partial charge in [0.15, 0.2) is 0 Å². The molecular formula is C19H22BP. The zero-order chi connectivity index (χ0) is 13.8. The van der Waals surface area contributed by atoms with Crippen molar-refractivity contribution in [2.24, 2.45) is 0 Å². The summed E-state index contributed by atoms with van der Waals surface area (Å²) in [7, 11) is -1.53. The summed E-state index contributed by atoms with van der Waals surface area (Å²) >= 11 is 0. The Bertz CT molecular complexity index is 569. The second-order valence-electron chi connectivity index (χ2n) is 5.01. The maximum atomic E-state index is 2.41. The molecule has 0 amide bonds. The van der Waals surface area contributed by atoms with Gasteiger partial charge in [0.1, 0.15) is 23.2 Å². The summed E-state index contributed by atoms with van der Waals surface area (Å²) in [4.78, 5) is 0. The predicted molar refractivity (Wildman–Crippen MR) is 102 cm³/mol. The zero-order valence-electron chi connectivity index (χ0n) is 11.6. The molecule has 0 aliphatic rings. The highest BCUT2D eigenvalue weighted by Crippen LogP contribution is 2.51. The topological polar surface area (TPSA) is 0 Å². The van der Waals surface area contributed by atoms with Crippen LogP contribution in [0.25, 0.3) is 0 Å². The molecule has 0 N–H and O–H groups in total. The molecule has 0 saturated heterocycles. The van der Waals surface area contributed by atoms with Gasteiger partial charge in [0.05, 0.1) is 6.66 Å². The van der Waals surface area contributed by atoms with Crippen LogP contribution >= 0.6 is 7.26 Å². The molecule has 0 atom stereocenters. The van der Waals surface area contributed by atoms with Gasteiger partial charge in [0.2, 0.25) is 0 Å². The fraction of sp³-hybridized carbons (Fsp3) is 0.0526. The number of benzene rings is 3. The lowest BCUT2D eigenvalue weighted by Gasteiger charge is -2.22. The molecule has 3 aromatic carbocycles. The van der Waals surface area contributed by atoms with Crippen LogP contribution in [0.15, 0.2) is 91.0 Å². The molecule has 21 heavy (non-hydrogen) atoms. The van der Waals surface area contributed by atoms with Gasteiger partial charge in [-0.25, -0.2) is 0 Å². The standard InChI is InChI=1S/C19H18P.BH4/c1-20(17-11-5-2-6-12-17,18-13-7-3-8-14-18)19-15-9-4-10-16-19;/h2-16H,1H3;1H4/q+1;-1. The Kier molecular flexibility index (Phi) is 4.99. The van der Waals surface area contributed by atoms with E-state index in [1.54, 1.807) is 0 Å². The first-order valence-electron chi connectivity index (χ1n) is 6.85. The van der Waals surface area contributed by atoms with E-state index in [1.165, 1.54) is 15.9 Å². The summed E-state index contributed by atoms with van der Waals surface area (Å²) in [6.07, 6.45) is 0. The van der Waals surface area contributed by atoms with Gasteiger partial charge in [0.25, 0.3) is 0 Å². The van der Waals surface area contributed by atoms with Gasteiger partial charge in [-0.15, -0.1) is 0 Å². The molecule has 106 valence electrons. The van der Waals surface area contributed by atoms with Gasteiger partial charge < -0.3 is 0 Å². The SMILES string of the molecule is C[P+](c1ccccc1)(c1ccccc1)c1ccccc1.[BH4-]. The van der Waals surface area contributed by atoms with E-state index >= 15 is 0 Å². The Hall–Kier alpha value is -1.85. The van der Waals surface area contributed by atoms with Gasteiger partial charge in [-0.3, -0.25) is 0 Å².